The molecule has 7 heteroatoms. The van der Waals surface area contributed by atoms with Crippen LogP contribution >= 0.6 is 0 Å². The number of nitrogens with zero attached hydrogens (tertiary/aromatic N) is 1. The number of carbonyl (C=O) groups excluding carboxylic acids is 1. The van der Waals surface area contributed by atoms with Crippen LogP contribution in [0.2, 0.25) is 0 Å². The van der Waals surface area contributed by atoms with Crippen molar-refractivity contribution < 1.29 is 23.7 Å². The summed E-state index contributed by atoms with van der Waals surface area (Å²) in [4.78, 5) is 25.3. The predicted molar refractivity (Wildman–Crippen MR) is 124 cm³/mol. The summed E-state index contributed by atoms with van der Waals surface area (Å²) in [6.45, 7) is 0.483. The lowest BCUT2D eigenvalue weighted by Crippen LogP contribution is -2.19. The minimum absolute atomic E-state index is 0.0637. The molecule has 0 amide bonds. The Hall–Kier alpha value is -4.10. The molecule has 0 unspecified atom stereocenters. The third kappa shape index (κ3) is 4.88. The Morgan fingerprint density at radius 3 is 2.42 bits per heavy atom. The normalized spacial score (nSPS) is 10.7. The summed E-state index contributed by atoms with van der Waals surface area (Å²) >= 11 is 0. The highest BCUT2D eigenvalue weighted by Gasteiger charge is 2.17. The molecule has 1 heterocycles. The predicted octanol–water partition coefficient (Wildman–Crippen LogP) is 4.34. The molecule has 0 N–H and O–H groups in total. The minimum Gasteiger partial charge on any atom is -0.489 e. The van der Waals surface area contributed by atoms with E-state index in [0.29, 0.717) is 34.7 Å². The Labute approximate surface area is 190 Å². The number of aromatic nitrogens is 1. The number of benzene rings is 3. The molecule has 4 aromatic rings. The van der Waals surface area contributed by atoms with Crippen LogP contribution in [0.15, 0.2) is 83.8 Å². The van der Waals surface area contributed by atoms with Crippen molar-refractivity contribution in [3.05, 3.63) is 100 Å². The zero-order valence-electron chi connectivity index (χ0n) is 18.3. The van der Waals surface area contributed by atoms with E-state index >= 15 is 0 Å². The molecule has 3 aromatic carbocycles. The van der Waals surface area contributed by atoms with Crippen molar-refractivity contribution in [3.8, 4) is 17.2 Å². The van der Waals surface area contributed by atoms with Crippen molar-refractivity contribution in [2.75, 3.05) is 21.0 Å². The smallest absolute Gasteiger partial charge is 0.343 e. The second-order valence-corrected chi connectivity index (χ2v) is 7.23. The molecule has 0 saturated carbocycles. The van der Waals surface area contributed by atoms with E-state index in [-0.39, 0.29) is 12.4 Å². The molecule has 0 aliphatic rings. The van der Waals surface area contributed by atoms with Gasteiger partial charge >= 0.3 is 5.97 Å². The molecule has 0 saturated heterocycles. The van der Waals surface area contributed by atoms with Crippen molar-refractivity contribution in [1.29, 1.82) is 0 Å². The number of ether oxygens (including phenoxy) is 4. The van der Waals surface area contributed by atoms with Gasteiger partial charge in [0.2, 0.25) is 5.43 Å². The van der Waals surface area contributed by atoms with Crippen molar-refractivity contribution in [2.24, 2.45) is 0 Å². The highest BCUT2D eigenvalue weighted by Crippen LogP contribution is 2.25. The molecule has 0 radical (unpaired) electrons. The van der Waals surface area contributed by atoms with Crippen LogP contribution in [0.5, 0.6) is 11.5 Å². The number of rotatable bonds is 8. The molecule has 1 aromatic heterocycles. The standard InChI is InChI=1S/C26H23NO6/c1-30-17-33-20-10-6-9-19(13-20)27-15-23(26(29)31-2)25(28)22-12-11-21(14-24(22)27)32-16-18-7-4-3-5-8-18/h3-15H,16-17H2,1-2H3. The number of hydrogen-bond acceptors (Lipinski definition) is 6. The van der Waals surface area contributed by atoms with E-state index in [1.807, 2.05) is 42.5 Å². The summed E-state index contributed by atoms with van der Waals surface area (Å²) in [5.74, 6) is 0.473. The summed E-state index contributed by atoms with van der Waals surface area (Å²) < 4.78 is 23.1. The molecule has 4 rings (SSSR count). The molecule has 0 spiro atoms. The number of fused-ring (bicyclic) bond motifs is 1. The minimum atomic E-state index is -0.702. The molecular weight excluding hydrogens is 422 g/mol. The highest BCUT2D eigenvalue weighted by atomic mass is 16.7. The summed E-state index contributed by atoms with van der Waals surface area (Å²) in [7, 11) is 2.79. The van der Waals surface area contributed by atoms with Gasteiger partial charge in [-0.05, 0) is 29.8 Å². The fraction of sp³-hybridized carbons (Fsp3) is 0.154. The first kappa shape index (κ1) is 22.1. The van der Waals surface area contributed by atoms with E-state index in [0.717, 1.165) is 5.56 Å². The Bertz CT molecular complexity index is 1330. The molecule has 168 valence electrons. The van der Waals surface area contributed by atoms with Gasteiger partial charge in [-0.1, -0.05) is 36.4 Å². The van der Waals surface area contributed by atoms with E-state index in [9.17, 15) is 9.59 Å². The van der Waals surface area contributed by atoms with Gasteiger partial charge in [-0.25, -0.2) is 4.79 Å². The SMILES string of the molecule is COCOc1cccc(-n2cc(C(=O)OC)c(=O)c3ccc(OCc4ccccc4)cc32)c1. The lowest BCUT2D eigenvalue weighted by atomic mass is 10.1. The quantitative estimate of drug-likeness (QED) is 0.297. The molecule has 0 fully saturated rings. The van der Waals surface area contributed by atoms with Gasteiger partial charge < -0.3 is 23.5 Å². The van der Waals surface area contributed by atoms with Crippen molar-refractivity contribution in [1.82, 2.24) is 4.57 Å². The average Bonchev–Trinajstić information content (AvgIpc) is 2.86. The maximum absolute atomic E-state index is 13.0. The summed E-state index contributed by atoms with van der Waals surface area (Å²) in [6, 6.07) is 22.2. The number of carbonyl (C=O) groups is 1. The zero-order valence-corrected chi connectivity index (χ0v) is 18.3. The first-order valence-electron chi connectivity index (χ1n) is 10.3. The lowest BCUT2D eigenvalue weighted by Gasteiger charge is -2.15. The van der Waals surface area contributed by atoms with E-state index in [2.05, 4.69) is 0 Å². The third-order valence-corrected chi connectivity index (χ3v) is 5.07. The van der Waals surface area contributed by atoms with Gasteiger partial charge in [0.15, 0.2) is 6.79 Å². The van der Waals surface area contributed by atoms with Crippen molar-refractivity contribution in [3.63, 3.8) is 0 Å². The summed E-state index contributed by atoms with van der Waals surface area (Å²) in [6.07, 6.45) is 1.48. The van der Waals surface area contributed by atoms with Crippen LogP contribution < -0.4 is 14.9 Å². The number of hydrogen-bond donors (Lipinski definition) is 0. The zero-order chi connectivity index (χ0) is 23.2. The maximum atomic E-state index is 13.0. The fourth-order valence-electron chi connectivity index (χ4n) is 3.45. The van der Waals surface area contributed by atoms with Crippen LogP contribution in [0, 0.1) is 0 Å². The molecule has 0 bridgehead atoms. The second kappa shape index (κ2) is 10.0. The summed E-state index contributed by atoms with van der Waals surface area (Å²) in [5.41, 5.74) is 1.83. The van der Waals surface area contributed by atoms with Gasteiger partial charge in [0.1, 0.15) is 23.7 Å². The lowest BCUT2D eigenvalue weighted by molar-refractivity contribution is 0.0511. The third-order valence-electron chi connectivity index (χ3n) is 5.07. The topological polar surface area (TPSA) is 76.0 Å². The first-order valence-corrected chi connectivity index (χ1v) is 10.3. The summed E-state index contributed by atoms with van der Waals surface area (Å²) in [5, 5.41) is 0.369. The van der Waals surface area contributed by atoms with Gasteiger partial charge in [-0.2, -0.15) is 0 Å². The molecule has 7 nitrogen and oxygen atoms in total. The van der Waals surface area contributed by atoms with E-state index in [1.54, 1.807) is 42.0 Å². The maximum Gasteiger partial charge on any atom is 0.343 e. The molecule has 0 atom stereocenters. The van der Waals surface area contributed by atoms with Crippen LogP contribution in [0.25, 0.3) is 16.6 Å². The van der Waals surface area contributed by atoms with Crippen LogP contribution in [0.3, 0.4) is 0 Å². The fourth-order valence-corrected chi connectivity index (χ4v) is 3.45. The highest BCUT2D eigenvalue weighted by molar-refractivity contribution is 5.94. The second-order valence-electron chi connectivity index (χ2n) is 7.23. The van der Waals surface area contributed by atoms with Crippen LogP contribution in [-0.4, -0.2) is 31.5 Å². The molecule has 0 aliphatic heterocycles. The van der Waals surface area contributed by atoms with Gasteiger partial charge in [-0.15, -0.1) is 0 Å². The Balaban J connectivity index is 1.82. The molecule has 0 aliphatic carbocycles. The molecule has 33 heavy (non-hydrogen) atoms. The molecular formula is C26H23NO6. The number of pyridine rings is 1. The number of esters is 1. The van der Waals surface area contributed by atoms with Gasteiger partial charge in [0, 0.05) is 36.5 Å². The van der Waals surface area contributed by atoms with E-state index in [1.165, 1.54) is 13.3 Å². The average molecular weight is 445 g/mol. The monoisotopic (exact) mass is 445 g/mol. The number of methoxy groups -OCH3 is 2. The van der Waals surface area contributed by atoms with Gasteiger partial charge in [0.25, 0.3) is 0 Å². The van der Waals surface area contributed by atoms with Crippen LogP contribution in [-0.2, 0) is 16.1 Å². The van der Waals surface area contributed by atoms with Crippen LogP contribution in [0.4, 0.5) is 0 Å². The Morgan fingerprint density at radius 1 is 0.879 bits per heavy atom. The Morgan fingerprint density at radius 2 is 1.67 bits per heavy atom. The largest absolute Gasteiger partial charge is 0.489 e. The van der Waals surface area contributed by atoms with Crippen molar-refractivity contribution >= 4 is 16.9 Å². The van der Waals surface area contributed by atoms with E-state index in [4.69, 9.17) is 18.9 Å². The van der Waals surface area contributed by atoms with Crippen molar-refractivity contribution in [2.45, 2.75) is 6.61 Å². The van der Waals surface area contributed by atoms with Gasteiger partial charge in [0.05, 0.1) is 12.6 Å². The van der Waals surface area contributed by atoms with Crippen LogP contribution in [0.1, 0.15) is 15.9 Å². The Kier molecular flexibility index (Phi) is 6.71. The van der Waals surface area contributed by atoms with Gasteiger partial charge in [-0.3, -0.25) is 4.79 Å². The first-order chi connectivity index (χ1) is 16.1. The van der Waals surface area contributed by atoms with E-state index < -0.39 is 11.4 Å².